The van der Waals surface area contributed by atoms with Crippen LogP contribution < -0.4 is 5.32 Å². The van der Waals surface area contributed by atoms with E-state index in [1.54, 1.807) is 18.2 Å². The highest BCUT2D eigenvalue weighted by Gasteiger charge is 2.32. The third-order valence-corrected chi connectivity index (χ3v) is 3.18. The predicted octanol–water partition coefficient (Wildman–Crippen LogP) is 2.46. The lowest BCUT2D eigenvalue weighted by molar-refractivity contribution is 0.392. The molecule has 0 aliphatic carbocycles. The van der Waals surface area contributed by atoms with Crippen LogP contribution in [0, 0.1) is 0 Å². The zero-order valence-electron chi connectivity index (χ0n) is 8.89. The van der Waals surface area contributed by atoms with Crippen LogP contribution in [0.2, 0.25) is 0 Å². The van der Waals surface area contributed by atoms with Gasteiger partial charge in [0, 0.05) is 11.1 Å². The van der Waals surface area contributed by atoms with Crippen LogP contribution in [0.4, 0.5) is 4.39 Å². The summed E-state index contributed by atoms with van der Waals surface area (Å²) in [6.45, 7) is 2.52. The van der Waals surface area contributed by atoms with E-state index in [4.69, 9.17) is 0 Å². The lowest BCUT2D eigenvalue weighted by Crippen LogP contribution is -2.33. The van der Waals surface area contributed by atoms with Gasteiger partial charge in [0.25, 0.3) is 0 Å². The van der Waals surface area contributed by atoms with Gasteiger partial charge >= 0.3 is 0 Å². The summed E-state index contributed by atoms with van der Waals surface area (Å²) >= 11 is 0. The highest BCUT2D eigenvalue weighted by Crippen LogP contribution is 2.36. The number of aromatic hydroxyl groups is 1. The number of nitrogens with one attached hydrogen (secondary N) is 1. The predicted molar refractivity (Wildman–Crippen MR) is 57.5 cm³/mol. The quantitative estimate of drug-likeness (QED) is 0.784. The van der Waals surface area contributed by atoms with E-state index in [9.17, 15) is 9.50 Å². The van der Waals surface area contributed by atoms with Crippen LogP contribution in [0.25, 0.3) is 0 Å². The molecular weight excluding hydrogens is 193 g/mol. The van der Waals surface area contributed by atoms with Crippen molar-refractivity contribution in [3.8, 4) is 5.75 Å². The van der Waals surface area contributed by atoms with E-state index in [0.717, 1.165) is 24.9 Å². The van der Waals surface area contributed by atoms with E-state index in [1.165, 1.54) is 0 Å². The van der Waals surface area contributed by atoms with Crippen molar-refractivity contribution >= 4 is 0 Å². The Labute approximate surface area is 89.1 Å². The van der Waals surface area contributed by atoms with Crippen LogP contribution in [-0.4, -0.2) is 11.7 Å². The molecule has 1 saturated heterocycles. The Bertz CT molecular complexity index is 359. The number of hydrogen-bond acceptors (Lipinski definition) is 2. The van der Waals surface area contributed by atoms with Crippen LogP contribution in [0.5, 0.6) is 5.75 Å². The first-order chi connectivity index (χ1) is 7.15. The van der Waals surface area contributed by atoms with Crippen LogP contribution in [0.15, 0.2) is 18.2 Å². The molecule has 0 saturated carbocycles. The lowest BCUT2D eigenvalue weighted by atomic mass is 9.89. The molecule has 1 aliphatic heterocycles. The van der Waals surface area contributed by atoms with Crippen LogP contribution >= 0.6 is 0 Å². The van der Waals surface area contributed by atoms with Gasteiger partial charge in [-0.05, 0) is 44.0 Å². The molecule has 0 bridgehead atoms. The van der Waals surface area contributed by atoms with Gasteiger partial charge < -0.3 is 10.4 Å². The van der Waals surface area contributed by atoms with Crippen LogP contribution in [0.1, 0.15) is 30.9 Å². The van der Waals surface area contributed by atoms with E-state index in [0.29, 0.717) is 5.56 Å². The number of hydrogen-bond donors (Lipinski definition) is 2. The molecule has 0 spiro atoms. The fourth-order valence-electron chi connectivity index (χ4n) is 2.23. The second-order valence-electron chi connectivity index (χ2n) is 4.35. The molecule has 15 heavy (non-hydrogen) atoms. The van der Waals surface area contributed by atoms with E-state index in [1.807, 2.05) is 0 Å². The van der Waals surface area contributed by atoms with Gasteiger partial charge in [-0.15, -0.1) is 0 Å². The summed E-state index contributed by atoms with van der Waals surface area (Å²) in [7, 11) is 0. The molecule has 82 valence electrons. The molecule has 1 fully saturated rings. The Morgan fingerprint density at radius 3 is 2.93 bits per heavy atom. The number of halogens is 1. The maximum atomic E-state index is 12.5. The van der Waals surface area contributed by atoms with Crippen molar-refractivity contribution in [3.63, 3.8) is 0 Å². The van der Waals surface area contributed by atoms with E-state index < -0.39 is 6.67 Å². The highest BCUT2D eigenvalue weighted by atomic mass is 19.1. The number of rotatable bonds is 2. The van der Waals surface area contributed by atoms with Crippen molar-refractivity contribution in [1.29, 1.82) is 0 Å². The topological polar surface area (TPSA) is 32.3 Å². The fraction of sp³-hybridized carbons (Fsp3) is 0.500. The first-order valence-corrected chi connectivity index (χ1v) is 5.29. The minimum atomic E-state index is -0.483. The van der Waals surface area contributed by atoms with Crippen LogP contribution in [-0.2, 0) is 12.2 Å². The maximum Gasteiger partial charge on any atom is 0.120 e. The summed E-state index contributed by atoms with van der Waals surface area (Å²) in [4.78, 5) is 0. The van der Waals surface area contributed by atoms with Gasteiger partial charge in [-0.25, -0.2) is 4.39 Å². The highest BCUT2D eigenvalue weighted by molar-refractivity contribution is 5.41. The molecule has 2 rings (SSSR count). The zero-order chi connectivity index (χ0) is 10.9. The summed E-state index contributed by atoms with van der Waals surface area (Å²) in [5.74, 6) is 0.254. The molecule has 0 aromatic heterocycles. The summed E-state index contributed by atoms with van der Waals surface area (Å²) in [6, 6.07) is 4.96. The monoisotopic (exact) mass is 209 g/mol. The smallest absolute Gasteiger partial charge is 0.120 e. The van der Waals surface area contributed by atoms with Crippen molar-refractivity contribution in [2.24, 2.45) is 0 Å². The normalized spacial score (nSPS) is 25.7. The summed E-state index contributed by atoms with van der Waals surface area (Å²) in [6.07, 6.45) is 2.08. The number of phenols is 1. The Balaban J connectivity index is 2.41. The van der Waals surface area contributed by atoms with Crippen molar-refractivity contribution in [2.45, 2.75) is 32.0 Å². The molecule has 1 atom stereocenters. The average Bonchev–Trinajstić information content (AvgIpc) is 2.67. The molecule has 3 heteroatoms. The third kappa shape index (κ3) is 1.84. The standard InChI is InChI=1S/C12H16FNO/c1-12(5-2-6-14-12)10-7-9(8-13)3-4-11(10)15/h3-4,7,14-15H,2,5-6,8H2,1H3. The van der Waals surface area contributed by atoms with Crippen molar-refractivity contribution in [3.05, 3.63) is 29.3 Å². The Morgan fingerprint density at radius 2 is 2.33 bits per heavy atom. The van der Waals surface area contributed by atoms with Crippen molar-refractivity contribution in [2.75, 3.05) is 6.54 Å². The van der Waals surface area contributed by atoms with Gasteiger partial charge in [-0.1, -0.05) is 6.07 Å². The van der Waals surface area contributed by atoms with Gasteiger partial charge in [0.05, 0.1) is 0 Å². The molecule has 1 aromatic carbocycles. The molecule has 0 amide bonds. The number of benzene rings is 1. The van der Waals surface area contributed by atoms with Gasteiger partial charge in [-0.2, -0.15) is 0 Å². The molecule has 1 aliphatic rings. The summed E-state index contributed by atoms with van der Waals surface area (Å²) in [5.41, 5.74) is 1.24. The van der Waals surface area contributed by atoms with Crippen LogP contribution in [0.3, 0.4) is 0 Å². The Kier molecular flexibility index (Phi) is 2.65. The first-order valence-electron chi connectivity index (χ1n) is 5.29. The molecular formula is C12H16FNO. The van der Waals surface area contributed by atoms with Crippen molar-refractivity contribution < 1.29 is 9.50 Å². The van der Waals surface area contributed by atoms with E-state index >= 15 is 0 Å². The Morgan fingerprint density at radius 1 is 1.53 bits per heavy atom. The molecule has 1 unspecified atom stereocenters. The minimum absolute atomic E-state index is 0.199. The fourth-order valence-corrected chi connectivity index (χ4v) is 2.23. The number of phenolic OH excluding ortho intramolecular Hbond substituents is 1. The second-order valence-corrected chi connectivity index (χ2v) is 4.35. The van der Waals surface area contributed by atoms with Gasteiger partial charge in [0.2, 0.25) is 0 Å². The maximum absolute atomic E-state index is 12.5. The molecule has 2 N–H and O–H groups in total. The summed E-state index contributed by atoms with van der Waals surface area (Å²) < 4.78 is 12.5. The largest absolute Gasteiger partial charge is 0.508 e. The average molecular weight is 209 g/mol. The lowest BCUT2D eigenvalue weighted by Gasteiger charge is -2.26. The molecule has 2 nitrogen and oxygen atoms in total. The van der Waals surface area contributed by atoms with Crippen molar-refractivity contribution in [1.82, 2.24) is 5.32 Å². The summed E-state index contributed by atoms with van der Waals surface area (Å²) in [5, 5.41) is 13.2. The SMILES string of the molecule is CC1(c2cc(CF)ccc2O)CCCN1. The minimum Gasteiger partial charge on any atom is -0.508 e. The molecule has 0 radical (unpaired) electrons. The van der Waals surface area contributed by atoms with E-state index in [-0.39, 0.29) is 11.3 Å². The molecule has 1 heterocycles. The first kappa shape index (κ1) is 10.4. The molecule has 1 aromatic rings. The zero-order valence-corrected chi connectivity index (χ0v) is 8.89. The van der Waals surface area contributed by atoms with Gasteiger partial charge in [-0.3, -0.25) is 0 Å². The van der Waals surface area contributed by atoms with E-state index in [2.05, 4.69) is 12.2 Å². The Hall–Kier alpha value is -1.09. The van der Waals surface area contributed by atoms with Gasteiger partial charge in [0.1, 0.15) is 12.4 Å². The van der Waals surface area contributed by atoms with Gasteiger partial charge in [0.15, 0.2) is 0 Å². The third-order valence-electron chi connectivity index (χ3n) is 3.18. The number of alkyl halides is 1. The second kappa shape index (κ2) is 3.81.